The Hall–Kier alpha value is -1.91. The minimum absolute atomic E-state index is 0.570. The molecule has 4 rings (SSSR count). The van der Waals surface area contributed by atoms with E-state index in [4.69, 9.17) is 0 Å². The summed E-state index contributed by atoms with van der Waals surface area (Å²) in [5, 5.41) is 2.67. The first kappa shape index (κ1) is 14.7. The standard InChI is InChI=1S/C22H21P/c1-15-6-4-9-17-12-13-18(14-23)22(21(15)17)20-11-5-8-16-7-2-3-10-19(16)20/h2-5,7-13,15H,6,14,23H2,1H3. The Bertz CT molecular complexity index is 900. The summed E-state index contributed by atoms with van der Waals surface area (Å²) in [7, 11) is 2.90. The number of benzene rings is 3. The van der Waals surface area contributed by atoms with Gasteiger partial charge in [-0.3, -0.25) is 0 Å². The minimum Gasteiger partial charge on any atom is -0.133 e. The van der Waals surface area contributed by atoms with Crippen molar-refractivity contribution in [1.29, 1.82) is 0 Å². The van der Waals surface area contributed by atoms with E-state index in [2.05, 4.69) is 82.9 Å². The van der Waals surface area contributed by atoms with Crippen LogP contribution < -0.4 is 0 Å². The molecule has 0 amide bonds. The van der Waals surface area contributed by atoms with Gasteiger partial charge in [0.25, 0.3) is 0 Å². The van der Waals surface area contributed by atoms with E-state index >= 15 is 0 Å². The Balaban J connectivity index is 2.10. The summed E-state index contributed by atoms with van der Waals surface area (Å²) in [5.74, 6) is 0.570. The summed E-state index contributed by atoms with van der Waals surface area (Å²) < 4.78 is 0. The average Bonchev–Trinajstić information content (AvgIpc) is 2.60. The van der Waals surface area contributed by atoms with Crippen molar-refractivity contribution in [3.05, 3.63) is 77.4 Å². The van der Waals surface area contributed by atoms with Crippen molar-refractivity contribution in [1.82, 2.24) is 0 Å². The molecule has 0 N–H and O–H groups in total. The van der Waals surface area contributed by atoms with Gasteiger partial charge in [0.2, 0.25) is 0 Å². The molecule has 0 heterocycles. The minimum atomic E-state index is 0.570. The zero-order chi connectivity index (χ0) is 15.8. The highest BCUT2D eigenvalue weighted by Gasteiger charge is 2.21. The molecule has 0 aliphatic heterocycles. The van der Waals surface area contributed by atoms with Gasteiger partial charge in [-0.1, -0.05) is 73.7 Å². The van der Waals surface area contributed by atoms with E-state index in [1.165, 1.54) is 38.6 Å². The quantitative estimate of drug-likeness (QED) is 0.480. The lowest BCUT2D eigenvalue weighted by Crippen LogP contribution is -2.05. The molecule has 0 aromatic heterocycles. The SMILES string of the molecule is CC1CC=Cc2ccc(CP)c(-c3cccc4ccccc34)c21. The summed E-state index contributed by atoms with van der Waals surface area (Å²) in [6, 6.07) is 20.0. The second-order valence-electron chi connectivity index (χ2n) is 6.37. The Kier molecular flexibility index (Phi) is 3.79. The highest BCUT2D eigenvalue weighted by molar-refractivity contribution is 7.15. The van der Waals surface area contributed by atoms with E-state index in [9.17, 15) is 0 Å². The number of hydrogen-bond acceptors (Lipinski definition) is 0. The molecule has 0 bridgehead atoms. The fraction of sp³-hybridized carbons (Fsp3) is 0.182. The van der Waals surface area contributed by atoms with Gasteiger partial charge in [0.05, 0.1) is 0 Å². The van der Waals surface area contributed by atoms with E-state index in [-0.39, 0.29) is 0 Å². The third-order valence-electron chi connectivity index (χ3n) is 4.92. The van der Waals surface area contributed by atoms with Gasteiger partial charge in [-0.2, -0.15) is 0 Å². The first-order valence-electron chi connectivity index (χ1n) is 8.30. The molecule has 0 spiro atoms. The van der Waals surface area contributed by atoms with E-state index in [0.717, 1.165) is 12.6 Å². The number of rotatable bonds is 2. The predicted molar refractivity (Wildman–Crippen MR) is 105 cm³/mol. The van der Waals surface area contributed by atoms with Gasteiger partial charge >= 0.3 is 0 Å². The maximum Gasteiger partial charge on any atom is -0.00994 e. The summed E-state index contributed by atoms with van der Waals surface area (Å²) >= 11 is 0. The third kappa shape index (κ3) is 2.42. The number of allylic oxidation sites excluding steroid dienone is 1. The highest BCUT2D eigenvalue weighted by Crippen LogP contribution is 2.42. The van der Waals surface area contributed by atoms with Crippen LogP contribution in [0.2, 0.25) is 0 Å². The van der Waals surface area contributed by atoms with Crippen LogP contribution >= 0.6 is 9.24 Å². The smallest absolute Gasteiger partial charge is 0.00994 e. The molecule has 2 atom stereocenters. The summed E-state index contributed by atoms with van der Waals surface area (Å²) in [4.78, 5) is 0. The van der Waals surface area contributed by atoms with Crippen LogP contribution in [0.4, 0.5) is 0 Å². The van der Waals surface area contributed by atoms with Crippen molar-refractivity contribution in [2.75, 3.05) is 0 Å². The molecule has 0 nitrogen and oxygen atoms in total. The zero-order valence-corrected chi connectivity index (χ0v) is 14.6. The van der Waals surface area contributed by atoms with Crippen molar-refractivity contribution in [2.24, 2.45) is 0 Å². The summed E-state index contributed by atoms with van der Waals surface area (Å²) in [6.07, 6.45) is 6.71. The van der Waals surface area contributed by atoms with Gasteiger partial charge in [-0.15, -0.1) is 9.24 Å². The average molecular weight is 316 g/mol. The maximum atomic E-state index is 2.90. The van der Waals surface area contributed by atoms with Gasteiger partial charge < -0.3 is 0 Å². The normalized spacial score (nSPS) is 16.5. The first-order chi connectivity index (χ1) is 11.3. The van der Waals surface area contributed by atoms with Crippen LogP contribution in [0.25, 0.3) is 28.0 Å². The van der Waals surface area contributed by atoms with E-state index < -0.39 is 0 Å². The van der Waals surface area contributed by atoms with Crippen LogP contribution in [0.3, 0.4) is 0 Å². The maximum absolute atomic E-state index is 2.90. The molecule has 3 aromatic rings. The van der Waals surface area contributed by atoms with Gasteiger partial charge in [0, 0.05) is 0 Å². The first-order valence-corrected chi connectivity index (χ1v) is 9.11. The van der Waals surface area contributed by atoms with Gasteiger partial charge in [-0.05, 0) is 57.1 Å². The molecule has 0 saturated carbocycles. The predicted octanol–water partition coefficient (Wildman–Crippen LogP) is 6.40. The molecule has 0 radical (unpaired) electrons. The van der Waals surface area contributed by atoms with Gasteiger partial charge in [0.15, 0.2) is 0 Å². The topological polar surface area (TPSA) is 0 Å². The Morgan fingerprint density at radius 1 is 1.00 bits per heavy atom. The monoisotopic (exact) mass is 316 g/mol. The van der Waals surface area contributed by atoms with Crippen LogP contribution in [0, 0.1) is 0 Å². The van der Waals surface area contributed by atoms with E-state index in [1.807, 2.05) is 0 Å². The van der Waals surface area contributed by atoms with Crippen molar-refractivity contribution in [3.8, 4) is 11.1 Å². The molecule has 1 aliphatic carbocycles. The fourth-order valence-corrected chi connectivity index (χ4v) is 4.15. The zero-order valence-electron chi connectivity index (χ0n) is 13.4. The summed E-state index contributed by atoms with van der Waals surface area (Å²) in [6.45, 7) is 2.35. The molecule has 0 saturated heterocycles. The molecule has 114 valence electrons. The van der Waals surface area contributed by atoms with Crippen LogP contribution in [0.5, 0.6) is 0 Å². The molecule has 3 aromatic carbocycles. The number of hydrogen-bond donors (Lipinski definition) is 0. The van der Waals surface area contributed by atoms with Crippen molar-refractivity contribution >= 4 is 26.1 Å². The second-order valence-corrected chi connectivity index (χ2v) is 6.78. The molecule has 1 aliphatic rings. The lowest BCUT2D eigenvalue weighted by molar-refractivity contribution is 0.772. The Morgan fingerprint density at radius 2 is 1.83 bits per heavy atom. The number of fused-ring (bicyclic) bond motifs is 2. The van der Waals surface area contributed by atoms with Crippen LogP contribution in [-0.4, -0.2) is 0 Å². The van der Waals surface area contributed by atoms with Crippen LogP contribution in [0.1, 0.15) is 36.0 Å². The lowest BCUT2D eigenvalue weighted by Gasteiger charge is -2.25. The van der Waals surface area contributed by atoms with Crippen LogP contribution in [0.15, 0.2) is 60.7 Å². The van der Waals surface area contributed by atoms with E-state index in [0.29, 0.717) is 5.92 Å². The van der Waals surface area contributed by atoms with Crippen molar-refractivity contribution in [3.63, 3.8) is 0 Å². The highest BCUT2D eigenvalue weighted by atomic mass is 31.0. The molecule has 23 heavy (non-hydrogen) atoms. The molecular formula is C22H21P. The van der Waals surface area contributed by atoms with E-state index in [1.54, 1.807) is 0 Å². The van der Waals surface area contributed by atoms with Crippen molar-refractivity contribution in [2.45, 2.75) is 25.4 Å². The Labute approximate surface area is 140 Å². The Morgan fingerprint density at radius 3 is 2.70 bits per heavy atom. The largest absolute Gasteiger partial charge is 0.133 e. The van der Waals surface area contributed by atoms with Gasteiger partial charge in [0.1, 0.15) is 0 Å². The molecular weight excluding hydrogens is 295 g/mol. The lowest BCUT2D eigenvalue weighted by atomic mass is 9.80. The summed E-state index contributed by atoms with van der Waals surface area (Å²) in [5.41, 5.74) is 7.15. The van der Waals surface area contributed by atoms with Gasteiger partial charge in [-0.25, -0.2) is 0 Å². The van der Waals surface area contributed by atoms with Crippen LogP contribution in [-0.2, 0) is 6.16 Å². The van der Waals surface area contributed by atoms with Crippen molar-refractivity contribution < 1.29 is 0 Å². The second kappa shape index (κ2) is 5.95. The molecule has 2 unspecified atom stereocenters. The molecule has 0 fully saturated rings. The third-order valence-corrected chi connectivity index (χ3v) is 5.36. The fourth-order valence-electron chi connectivity index (χ4n) is 3.81. The molecule has 1 heteroatoms.